The molecule has 12 heteroatoms. The molecule has 190 valence electrons. The number of hydrogen-bond donors (Lipinski definition) is 1. The average molecular weight is 519 g/mol. The molecule has 1 saturated carbocycles. The Bertz CT molecular complexity index is 1260. The van der Waals surface area contributed by atoms with Gasteiger partial charge in [-0.3, -0.25) is 9.69 Å². The molecule has 0 radical (unpaired) electrons. The van der Waals surface area contributed by atoms with Crippen molar-refractivity contribution in [3.05, 3.63) is 58.9 Å². The van der Waals surface area contributed by atoms with Gasteiger partial charge in [0.15, 0.2) is 0 Å². The van der Waals surface area contributed by atoms with Crippen molar-refractivity contribution in [2.75, 3.05) is 20.1 Å². The van der Waals surface area contributed by atoms with Gasteiger partial charge < -0.3 is 10.6 Å². The SMILES string of the molecule is CN(Cc1ccc(-c2nccs2)cc1C(F)(F)F)[C@@H]1C[C@@H]2CN(C(=O)n3cc(C(N)=O)cn3)C[C@@H]2C1. The molecule has 8 nitrogen and oxygen atoms in total. The number of halogens is 3. The number of thiazole rings is 1. The van der Waals surface area contributed by atoms with Gasteiger partial charge in [-0.25, -0.2) is 9.78 Å². The molecule has 5 rings (SSSR count). The zero-order valence-corrected chi connectivity index (χ0v) is 20.3. The van der Waals surface area contributed by atoms with Crippen molar-refractivity contribution in [2.45, 2.75) is 31.6 Å². The van der Waals surface area contributed by atoms with E-state index in [0.29, 0.717) is 23.7 Å². The minimum Gasteiger partial charge on any atom is -0.366 e. The molecule has 2 N–H and O–H groups in total. The molecule has 1 aromatic carbocycles. The first-order chi connectivity index (χ1) is 17.1. The fraction of sp³-hybridized carbons (Fsp3) is 0.417. The number of primary amides is 1. The van der Waals surface area contributed by atoms with E-state index in [1.165, 1.54) is 29.8 Å². The Hall–Kier alpha value is -3.25. The number of nitrogens with zero attached hydrogens (tertiary/aromatic N) is 5. The summed E-state index contributed by atoms with van der Waals surface area (Å²) in [6.07, 6.45) is 1.31. The van der Waals surface area contributed by atoms with Gasteiger partial charge in [0, 0.05) is 49.0 Å². The second-order valence-electron chi connectivity index (χ2n) is 9.49. The van der Waals surface area contributed by atoms with Gasteiger partial charge in [-0.15, -0.1) is 11.3 Å². The predicted molar refractivity (Wildman–Crippen MR) is 127 cm³/mol. The smallest absolute Gasteiger partial charge is 0.366 e. The Morgan fingerprint density at radius 2 is 1.94 bits per heavy atom. The third-order valence-electron chi connectivity index (χ3n) is 7.20. The first kappa shape index (κ1) is 24.4. The van der Waals surface area contributed by atoms with Crippen LogP contribution in [0.1, 0.15) is 34.3 Å². The minimum absolute atomic E-state index is 0.128. The molecule has 2 aromatic heterocycles. The molecule has 2 aliphatic rings. The van der Waals surface area contributed by atoms with Crippen LogP contribution in [-0.2, 0) is 12.7 Å². The maximum Gasteiger partial charge on any atom is 0.416 e. The second-order valence-corrected chi connectivity index (χ2v) is 10.4. The summed E-state index contributed by atoms with van der Waals surface area (Å²) in [7, 11) is 1.86. The second kappa shape index (κ2) is 9.32. The molecule has 1 aliphatic heterocycles. The zero-order chi connectivity index (χ0) is 25.6. The first-order valence-corrected chi connectivity index (χ1v) is 12.4. The predicted octanol–water partition coefficient (Wildman–Crippen LogP) is 3.93. The summed E-state index contributed by atoms with van der Waals surface area (Å²) in [5, 5.41) is 6.24. The van der Waals surface area contributed by atoms with Crippen LogP contribution in [0.5, 0.6) is 0 Å². The number of amides is 2. The van der Waals surface area contributed by atoms with Crippen molar-refractivity contribution in [2.24, 2.45) is 17.6 Å². The first-order valence-electron chi connectivity index (χ1n) is 11.5. The lowest BCUT2D eigenvalue weighted by atomic mass is 10.0. The molecule has 1 saturated heterocycles. The zero-order valence-electron chi connectivity index (χ0n) is 19.5. The van der Waals surface area contributed by atoms with Gasteiger partial charge in [0.2, 0.25) is 0 Å². The Kier molecular flexibility index (Phi) is 6.33. The number of hydrogen-bond acceptors (Lipinski definition) is 6. The van der Waals surface area contributed by atoms with Crippen LogP contribution in [-0.4, -0.2) is 62.7 Å². The van der Waals surface area contributed by atoms with Crippen LogP contribution < -0.4 is 5.73 Å². The molecule has 3 aromatic rings. The molecular formula is C24H25F3N6O2S. The number of nitrogens with two attached hydrogens (primary N) is 1. The summed E-state index contributed by atoms with van der Waals surface area (Å²) in [6, 6.07) is 4.26. The van der Waals surface area contributed by atoms with E-state index in [-0.39, 0.29) is 41.6 Å². The quantitative estimate of drug-likeness (QED) is 0.552. The fourth-order valence-corrected chi connectivity index (χ4v) is 5.99. The summed E-state index contributed by atoms with van der Waals surface area (Å²) < 4.78 is 42.8. The van der Waals surface area contributed by atoms with E-state index in [0.717, 1.165) is 17.5 Å². The van der Waals surface area contributed by atoms with Gasteiger partial charge in [-0.1, -0.05) is 12.1 Å². The minimum atomic E-state index is -4.46. The molecule has 3 heterocycles. The van der Waals surface area contributed by atoms with Crippen molar-refractivity contribution < 1.29 is 22.8 Å². The number of alkyl halides is 3. The molecule has 0 spiro atoms. The van der Waals surface area contributed by atoms with Crippen LogP contribution in [0.4, 0.5) is 18.0 Å². The maximum absolute atomic E-state index is 13.9. The van der Waals surface area contributed by atoms with Gasteiger partial charge >= 0.3 is 12.2 Å². The maximum atomic E-state index is 13.9. The number of carbonyl (C=O) groups excluding carboxylic acids is 2. The van der Waals surface area contributed by atoms with Gasteiger partial charge in [0.05, 0.1) is 17.3 Å². The van der Waals surface area contributed by atoms with E-state index >= 15 is 0 Å². The number of rotatable bonds is 5. The summed E-state index contributed by atoms with van der Waals surface area (Å²) in [6.45, 7) is 1.29. The number of benzene rings is 1. The van der Waals surface area contributed by atoms with E-state index in [4.69, 9.17) is 5.73 Å². The van der Waals surface area contributed by atoms with Crippen molar-refractivity contribution in [1.29, 1.82) is 0 Å². The van der Waals surface area contributed by atoms with E-state index in [9.17, 15) is 22.8 Å². The molecule has 36 heavy (non-hydrogen) atoms. The lowest BCUT2D eigenvalue weighted by molar-refractivity contribution is -0.138. The molecular weight excluding hydrogens is 493 g/mol. The highest BCUT2D eigenvalue weighted by Gasteiger charge is 2.44. The molecule has 2 amide bonds. The summed E-state index contributed by atoms with van der Waals surface area (Å²) >= 11 is 1.31. The van der Waals surface area contributed by atoms with Crippen LogP contribution in [0.2, 0.25) is 0 Å². The topological polar surface area (TPSA) is 97.4 Å². The summed E-state index contributed by atoms with van der Waals surface area (Å²) in [4.78, 5) is 31.9. The standard InChI is InChI=1S/C24H25F3N6O2S/c1-31(10-15-3-2-14(22-29-4-5-36-22)8-20(15)24(25,26)27)19-6-16-11-32(12-17(16)7-19)23(35)33-13-18(9-30-33)21(28)34/h2-5,8-9,13,16-17,19H,6-7,10-12H2,1H3,(H2,28,34)/t16-,17+,19-. The van der Waals surface area contributed by atoms with Crippen LogP contribution in [0, 0.1) is 11.8 Å². The monoisotopic (exact) mass is 518 g/mol. The van der Waals surface area contributed by atoms with Gasteiger partial charge in [0.25, 0.3) is 5.91 Å². The number of likely N-dealkylation sites (tertiary alicyclic amines) is 1. The fourth-order valence-electron chi connectivity index (χ4n) is 5.36. The lowest BCUT2D eigenvalue weighted by Crippen LogP contribution is -2.36. The van der Waals surface area contributed by atoms with Crippen molar-refractivity contribution in [3.63, 3.8) is 0 Å². The van der Waals surface area contributed by atoms with Crippen molar-refractivity contribution in [3.8, 4) is 10.6 Å². The summed E-state index contributed by atoms with van der Waals surface area (Å²) in [5.41, 5.74) is 5.47. The Morgan fingerprint density at radius 3 is 2.53 bits per heavy atom. The van der Waals surface area contributed by atoms with Crippen molar-refractivity contribution >= 4 is 23.3 Å². The molecule has 0 unspecified atom stereocenters. The van der Waals surface area contributed by atoms with Crippen LogP contribution >= 0.6 is 11.3 Å². The normalized spacial score (nSPS) is 21.8. The van der Waals surface area contributed by atoms with Gasteiger partial charge in [-0.2, -0.15) is 23.0 Å². The lowest BCUT2D eigenvalue weighted by Gasteiger charge is -2.27. The summed E-state index contributed by atoms with van der Waals surface area (Å²) in [5.74, 6) is -0.117. The Balaban J connectivity index is 1.23. The van der Waals surface area contributed by atoms with Crippen LogP contribution in [0.15, 0.2) is 42.2 Å². The van der Waals surface area contributed by atoms with Gasteiger partial charge in [0.1, 0.15) is 5.01 Å². The highest BCUT2D eigenvalue weighted by atomic mass is 32.1. The van der Waals surface area contributed by atoms with E-state index < -0.39 is 17.6 Å². The highest BCUT2D eigenvalue weighted by Crippen LogP contribution is 2.41. The van der Waals surface area contributed by atoms with Gasteiger partial charge in [-0.05, 0) is 43.4 Å². The molecule has 1 aliphatic carbocycles. The van der Waals surface area contributed by atoms with Crippen LogP contribution in [0.25, 0.3) is 10.6 Å². The largest absolute Gasteiger partial charge is 0.416 e. The average Bonchev–Trinajstić information content (AvgIpc) is 3.62. The number of carbonyl (C=O) groups is 2. The Morgan fingerprint density at radius 1 is 1.22 bits per heavy atom. The van der Waals surface area contributed by atoms with Crippen LogP contribution in [0.3, 0.4) is 0 Å². The van der Waals surface area contributed by atoms with E-state index in [1.807, 2.05) is 11.9 Å². The molecule has 3 atom stereocenters. The Labute approximate surface area is 209 Å². The molecule has 2 fully saturated rings. The number of aromatic nitrogens is 3. The third kappa shape index (κ3) is 4.74. The van der Waals surface area contributed by atoms with E-state index in [1.54, 1.807) is 28.6 Å². The molecule has 0 bridgehead atoms. The third-order valence-corrected chi connectivity index (χ3v) is 8.02. The van der Waals surface area contributed by atoms with E-state index in [2.05, 4.69) is 10.1 Å². The number of fused-ring (bicyclic) bond motifs is 1. The highest BCUT2D eigenvalue weighted by molar-refractivity contribution is 7.13. The van der Waals surface area contributed by atoms with Crippen molar-refractivity contribution in [1.82, 2.24) is 24.6 Å².